The quantitative estimate of drug-likeness (QED) is 0.278. The van der Waals surface area contributed by atoms with E-state index in [1.807, 2.05) is 0 Å². The number of nitrogens with one attached hydrogen (secondary N) is 1. The Morgan fingerprint density at radius 2 is 1.47 bits per heavy atom. The van der Waals surface area contributed by atoms with Crippen LogP contribution in [0.4, 0.5) is 4.39 Å². The van der Waals surface area contributed by atoms with Crippen LogP contribution in [0.2, 0.25) is 0 Å². The molecular weight excluding hydrogens is 489 g/mol. The minimum Gasteiger partial charge on any atom is -0.486 e. The van der Waals surface area contributed by atoms with Gasteiger partial charge in [-0.15, -0.1) is 0 Å². The zero-order chi connectivity index (χ0) is 25.9. The second-order valence-electron chi connectivity index (χ2n) is 8.43. The van der Waals surface area contributed by atoms with Crippen molar-refractivity contribution in [1.82, 2.24) is 4.72 Å². The second-order valence-corrected chi connectivity index (χ2v) is 10.1. The summed E-state index contributed by atoms with van der Waals surface area (Å²) in [6.45, 7) is 4.05. The molecule has 0 unspecified atom stereocenters. The topological polar surface area (TPSA) is 108 Å². The number of carbonyl (C=O) groups excluding carboxylic acids is 2. The Hall–Kier alpha value is -3.76. The van der Waals surface area contributed by atoms with Gasteiger partial charge in [0.2, 0.25) is 10.0 Å². The average molecular weight is 514 g/mol. The van der Waals surface area contributed by atoms with Crippen LogP contribution >= 0.6 is 0 Å². The highest BCUT2D eigenvalue weighted by atomic mass is 32.2. The number of ketones is 1. The molecule has 0 saturated heterocycles. The van der Waals surface area contributed by atoms with E-state index in [1.165, 1.54) is 66.7 Å². The van der Waals surface area contributed by atoms with Crippen LogP contribution in [0.25, 0.3) is 0 Å². The number of hydrogen-bond acceptors (Lipinski definition) is 7. The lowest BCUT2D eigenvalue weighted by atomic mass is 10.0. The summed E-state index contributed by atoms with van der Waals surface area (Å²) in [5, 5.41) is 0. The molecule has 10 heteroatoms. The maximum atomic E-state index is 13.1. The maximum absolute atomic E-state index is 13.1. The van der Waals surface area contributed by atoms with Gasteiger partial charge in [-0.05, 0) is 66.6 Å². The monoisotopic (exact) mass is 513 g/mol. The Balaban J connectivity index is 1.46. The third kappa shape index (κ3) is 5.72. The van der Waals surface area contributed by atoms with E-state index < -0.39 is 33.8 Å². The number of halogens is 1. The third-order valence-corrected chi connectivity index (χ3v) is 6.91. The first-order chi connectivity index (χ1) is 17.1. The molecule has 0 amide bonds. The highest BCUT2D eigenvalue weighted by Gasteiger charge is 2.31. The summed E-state index contributed by atoms with van der Waals surface area (Å²) < 4.78 is 57.7. The highest BCUT2D eigenvalue weighted by molar-refractivity contribution is 7.89. The molecule has 0 spiro atoms. The molecule has 1 aliphatic heterocycles. The molecule has 3 aromatic carbocycles. The maximum Gasteiger partial charge on any atom is 0.329 e. The van der Waals surface area contributed by atoms with Crippen LogP contribution in [-0.2, 0) is 14.8 Å². The molecule has 1 heterocycles. The molecule has 3 aromatic rings. The first-order valence-corrected chi connectivity index (χ1v) is 12.7. The SMILES string of the molecule is CC(C)[C@@H](NS(=O)(=O)c1ccc2c(c1)OCCO2)C(=O)Oc1ccc(C(=O)c2ccc(F)cc2)cc1. The zero-order valence-electron chi connectivity index (χ0n) is 19.6. The molecular formula is C26H24FNO7S. The molecule has 1 N–H and O–H groups in total. The fourth-order valence-electron chi connectivity index (χ4n) is 3.50. The Labute approximate surface area is 208 Å². The number of sulfonamides is 1. The van der Waals surface area contributed by atoms with E-state index >= 15 is 0 Å². The van der Waals surface area contributed by atoms with Crippen LogP contribution in [-0.4, -0.2) is 39.4 Å². The van der Waals surface area contributed by atoms with Crippen molar-refractivity contribution in [3.8, 4) is 17.2 Å². The van der Waals surface area contributed by atoms with Gasteiger partial charge in [-0.2, -0.15) is 4.72 Å². The number of hydrogen-bond donors (Lipinski definition) is 1. The number of esters is 1. The average Bonchev–Trinajstić information content (AvgIpc) is 2.87. The van der Waals surface area contributed by atoms with Crippen molar-refractivity contribution in [2.24, 2.45) is 5.92 Å². The van der Waals surface area contributed by atoms with E-state index in [1.54, 1.807) is 13.8 Å². The molecule has 0 saturated carbocycles. The Morgan fingerprint density at radius 3 is 2.08 bits per heavy atom. The van der Waals surface area contributed by atoms with Crippen LogP contribution in [0.15, 0.2) is 71.6 Å². The van der Waals surface area contributed by atoms with Gasteiger partial charge in [-0.3, -0.25) is 4.79 Å². The molecule has 0 bridgehead atoms. The van der Waals surface area contributed by atoms with E-state index in [0.29, 0.717) is 35.8 Å². The molecule has 0 aliphatic carbocycles. The van der Waals surface area contributed by atoms with Crippen LogP contribution < -0.4 is 18.9 Å². The molecule has 0 aromatic heterocycles. The first kappa shape index (κ1) is 25.3. The van der Waals surface area contributed by atoms with Crippen molar-refractivity contribution in [3.05, 3.63) is 83.7 Å². The van der Waals surface area contributed by atoms with Gasteiger partial charge in [0, 0.05) is 17.2 Å². The summed E-state index contributed by atoms with van der Waals surface area (Å²) in [5.74, 6) is -1.10. The van der Waals surface area contributed by atoms with Crippen molar-refractivity contribution in [2.45, 2.75) is 24.8 Å². The molecule has 8 nitrogen and oxygen atoms in total. The normalized spacial score (nSPS) is 13.8. The van der Waals surface area contributed by atoms with Crippen LogP contribution in [0, 0.1) is 11.7 Å². The summed E-state index contributed by atoms with van der Waals surface area (Å²) in [5.41, 5.74) is 0.635. The minimum atomic E-state index is -4.08. The van der Waals surface area contributed by atoms with Gasteiger partial charge in [-0.25, -0.2) is 17.6 Å². The van der Waals surface area contributed by atoms with Gasteiger partial charge in [-0.1, -0.05) is 13.8 Å². The van der Waals surface area contributed by atoms with E-state index in [2.05, 4.69) is 4.72 Å². The minimum absolute atomic E-state index is 0.0751. The fourth-order valence-corrected chi connectivity index (χ4v) is 4.85. The molecule has 0 radical (unpaired) electrons. The lowest BCUT2D eigenvalue weighted by Gasteiger charge is -2.22. The predicted octanol–water partition coefficient (Wildman–Crippen LogP) is 3.74. The Morgan fingerprint density at radius 1 is 0.889 bits per heavy atom. The number of benzene rings is 3. The summed E-state index contributed by atoms with van der Waals surface area (Å²) >= 11 is 0. The molecule has 1 aliphatic rings. The molecule has 0 fully saturated rings. The van der Waals surface area contributed by atoms with E-state index in [9.17, 15) is 22.4 Å². The van der Waals surface area contributed by atoms with Gasteiger partial charge in [0.1, 0.15) is 30.8 Å². The van der Waals surface area contributed by atoms with Crippen LogP contribution in [0.3, 0.4) is 0 Å². The molecule has 36 heavy (non-hydrogen) atoms. The molecule has 4 rings (SSSR count). The molecule has 188 valence electrons. The number of rotatable bonds is 8. The van der Waals surface area contributed by atoms with Crippen molar-refractivity contribution in [2.75, 3.05) is 13.2 Å². The number of fused-ring (bicyclic) bond motifs is 1. The number of carbonyl (C=O) groups is 2. The predicted molar refractivity (Wildman–Crippen MR) is 128 cm³/mol. The van der Waals surface area contributed by atoms with Crippen LogP contribution in [0.5, 0.6) is 17.2 Å². The first-order valence-electron chi connectivity index (χ1n) is 11.2. The van der Waals surface area contributed by atoms with Crippen molar-refractivity contribution >= 4 is 21.8 Å². The van der Waals surface area contributed by atoms with Crippen LogP contribution in [0.1, 0.15) is 29.8 Å². The molecule has 1 atom stereocenters. The third-order valence-electron chi connectivity index (χ3n) is 5.47. The van der Waals surface area contributed by atoms with E-state index in [-0.39, 0.29) is 16.4 Å². The Kier molecular flexibility index (Phi) is 7.37. The van der Waals surface area contributed by atoms with E-state index in [4.69, 9.17) is 14.2 Å². The van der Waals surface area contributed by atoms with E-state index in [0.717, 1.165) is 0 Å². The zero-order valence-corrected chi connectivity index (χ0v) is 20.4. The van der Waals surface area contributed by atoms with Gasteiger partial charge in [0.25, 0.3) is 0 Å². The summed E-state index contributed by atoms with van der Waals surface area (Å²) in [6.07, 6.45) is 0. The van der Waals surface area contributed by atoms with Gasteiger partial charge >= 0.3 is 5.97 Å². The van der Waals surface area contributed by atoms with Crippen molar-refractivity contribution in [3.63, 3.8) is 0 Å². The Bertz CT molecular complexity index is 1370. The van der Waals surface area contributed by atoms with Gasteiger partial charge in [0.15, 0.2) is 17.3 Å². The van der Waals surface area contributed by atoms with Gasteiger partial charge in [0.05, 0.1) is 4.90 Å². The number of ether oxygens (including phenoxy) is 3. The summed E-state index contributed by atoms with van der Waals surface area (Å²) in [4.78, 5) is 25.3. The fraction of sp³-hybridized carbons (Fsp3) is 0.231. The summed E-state index contributed by atoms with van der Waals surface area (Å²) in [6, 6.07) is 14.0. The van der Waals surface area contributed by atoms with Gasteiger partial charge < -0.3 is 14.2 Å². The summed E-state index contributed by atoms with van der Waals surface area (Å²) in [7, 11) is -4.08. The standard InChI is InChI=1S/C26H24FNO7S/c1-16(2)24(28-36(31,32)21-11-12-22-23(15-21)34-14-13-33-22)26(30)35-20-9-5-18(6-10-20)25(29)17-3-7-19(27)8-4-17/h3-12,15-16,24,28H,13-14H2,1-2H3/t24-/m1/s1. The second kappa shape index (κ2) is 10.5. The largest absolute Gasteiger partial charge is 0.486 e. The van der Waals surface area contributed by atoms with Crippen molar-refractivity contribution < 1.29 is 36.6 Å². The van der Waals surface area contributed by atoms with Crippen molar-refractivity contribution in [1.29, 1.82) is 0 Å². The lowest BCUT2D eigenvalue weighted by Crippen LogP contribution is -2.46. The highest BCUT2D eigenvalue weighted by Crippen LogP contribution is 2.32. The lowest BCUT2D eigenvalue weighted by molar-refractivity contribution is -0.137. The smallest absolute Gasteiger partial charge is 0.329 e.